The molecule has 1 aromatic rings. The van der Waals surface area contributed by atoms with Crippen LogP contribution in [0.3, 0.4) is 0 Å². The lowest BCUT2D eigenvalue weighted by Gasteiger charge is -2.19. The number of amides is 1. The Hall–Kier alpha value is -1.38. The minimum absolute atomic E-state index is 0.0464. The number of sulfonamides is 1. The fraction of sp³-hybridized carbons (Fsp3) is 0.462. The lowest BCUT2D eigenvalue weighted by molar-refractivity contribution is -0.119. The minimum atomic E-state index is -3.57. The predicted molar refractivity (Wildman–Crippen MR) is 83.0 cm³/mol. The highest BCUT2D eigenvalue weighted by Gasteiger charge is 2.25. The summed E-state index contributed by atoms with van der Waals surface area (Å²) in [5.41, 5.74) is 0.769. The first-order chi connectivity index (χ1) is 10.3. The van der Waals surface area contributed by atoms with Gasteiger partial charge in [-0.3, -0.25) is 4.79 Å². The molecule has 0 saturated carbocycles. The zero-order valence-corrected chi connectivity index (χ0v) is 13.5. The van der Waals surface area contributed by atoms with Crippen molar-refractivity contribution in [3.05, 3.63) is 29.0 Å². The second-order valence-corrected chi connectivity index (χ2v) is 7.39. The van der Waals surface area contributed by atoms with Crippen LogP contribution in [-0.2, 0) is 14.8 Å². The van der Waals surface area contributed by atoms with E-state index < -0.39 is 27.5 Å². The van der Waals surface area contributed by atoms with E-state index >= 15 is 0 Å². The maximum Gasteiger partial charge on any atom is 0.236 e. The summed E-state index contributed by atoms with van der Waals surface area (Å²) in [6.07, 6.45) is 0.681. The van der Waals surface area contributed by atoms with Crippen LogP contribution < -0.4 is 14.9 Å². The van der Waals surface area contributed by atoms with Crippen molar-refractivity contribution in [2.24, 2.45) is 0 Å². The smallest absolute Gasteiger partial charge is 0.236 e. The fourth-order valence-corrected chi connectivity index (χ4v) is 3.06. The second kappa shape index (κ2) is 6.80. The van der Waals surface area contributed by atoms with Gasteiger partial charge in [-0.25, -0.2) is 17.5 Å². The fourth-order valence-electron chi connectivity index (χ4n) is 2.31. The number of halogens is 2. The van der Waals surface area contributed by atoms with Gasteiger partial charge in [0.25, 0.3) is 0 Å². The molecule has 1 aliphatic heterocycles. The third-order valence-electron chi connectivity index (χ3n) is 3.45. The van der Waals surface area contributed by atoms with Gasteiger partial charge in [-0.2, -0.15) is 0 Å². The summed E-state index contributed by atoms with van der Waals surface area (Å²) in [6, 6.07) is 4.30. The van der Waals surface area contributed by atoms with Gasteiger partial charge in [0.1, 0.15) is 11.6 Å². The van der Waals surface area contributed by atoms with Gasteiger partial charge in [-0.05, 0) is 31.7 Å². The van der Waals surface area contributed by atoms with E-state index in [0.29, 0.717) is 19.5 Å². The van der Waals surface area contributed by atoms with Crippen LogP contribution in [0.4, 0.5) is 10.1 Å². The van der Waals surface area contributed by atoms with E-state index in [1.807, 2.05) is 4.90 Å². The number of carbonyl (C=O) groups is 1. The van der Waals surface area contributed by atoms with Crippen LogP contribution in [0.1, 0.15) is 6.42 Å². The van der Waals surface area contributed by atoms with Crippen molar-refractivity contribution in [2.45, 2.75) is 12.5 Å². The highest BCUT2D eigenvalue weighted by molar-refractivity contribution is 7.90. The summed E-state index contributed by atoms with van der Waals surface area (Å²) in [7, 11) is -2.31. The van der Waals surface area contributed by atoms with Crippen LogP contribution >= 0.6 is 11.6 Å². The van der Waals surface area contributed by atoms with Gasteiger partial charge in [0, 0.05) is 24.8 Å². The Morgan fingerprint density at radius 2 is 2.23 bits per heavy atom. The molecule has 1 aromatic carbocycles. The molecule has 122 valence electrons. The normalized spacial score (nSPS) is 18.5. The minimum Gasteiger partial charge on any atom is -0.369 e. The van der Waals surface area contributed by atoms with E-state index in [9.17, 15) is 17.6 Å². The zero-order chi connectivity index (χ0) is 16.3. The van der Waals surface area contributed by atoms with Gasteiger partial charge in [0.15, 0.2) is 0 Å². The predicted octanol–water partition coefficient (Wildman–Crippen LogP) is 0.723. The van der Waals surface area contributed by atoms with Crippen molar-refractivity contribution in [3.63, 3.8) is 0 Å². The Morgan fingerprint density at radius 3 is 2.86 bits per heavy atom. The van der Waals surface area contributed by atoms with Crippen LogP contribution in [0, 0.1) is 5.82 Å². The third kappa shape index (κ3) is 4.31. The van der Waals surface area contributed by atoms with Crippen molar-refractivity contribution in [1.82, 2.24) is 10.0 Å². The molecule has 1 saturated heterocycles. The van der Waals surface area contributed by atoms with Crippen molar-refractivity contribution in [1.29, 1.82) is 0 Å². The number of nitrogens with zero attached hydrogens (tertiary/aromatic N) is 1. The SMILES string of the molecule is CNS(=O)(=O)CC(=O)N[C@@H]1CCN(c2ccc(F)c(Cl)c2)C1. The summed E-state index contributed by atoms with van der Waals surface area (Å²) in [5, 5.41) is 2.73. The Balaban J connectivity index is 1.92. The molecule has 0 aromatic heterocycles. The Morgan fingerprint density at radius 1 is 1.50 bits per heavy atom. The molecule has 9 heteroatoms. The van der Waals surface area contributed by atoms with Crippen LogP contribution in [-0.4, -0.2) is 46.3 Å². The molecule has 0 spiro atoms. The molecule has 1 fully saturated rings. The average molecular weight is 350 g/mol. The molecule has 0 unspecified atom stereocenters. The summed E-state index contributed by atoms with van der Waals surface area (Å²) in [5.74, 6) is -1.62. The van der Waals surface area contributed by atoms with Crippen molar-refractivity contribution < 1.29 is 17.6 Å². The zero-order valence-electron chi connectivity index (χ0n) is 12.0. The highest BCUT2D eigenvalue weighted by Crippen LogP contribution is 2.25. The van der Waals surface area contributed by atoms with Gasteiger partial charge in [-0.15, -0.1) is 0 Å². The number of nitrogens with one attached hydrogen (secondary N) is 2. The Labute approximate surface area is 133 Å². The molecule has 1 heterocycles. The van der Waals surface area contributed by atoms with Crippen LogP contribution in [0.15, 0.2) is 18.2 Å². The highest BCUT2D eigenvalue weighted by atomic mass is 35.5. The molecule has 0 aliphatic carbocycles. The Kier molecular flexibility index (Phi) is 5.25. The van der Waals surface area contributed by atoms with E-state index in [4.69, 9.17) is 11.6 Å². The molecule has 0 radical (unpaired) electrons. The quantitative estimate of drug-likeness (QED) is 0.821. The topological polar surface area (TPSA) is 78.5 Å². The van der Waals surface area contributed by atoms with Crippen molar-refractivity contribution in [2.75, 3.05) is 30.8 Å². The number of anilines is 1. The summed E-state index contributed by atoms with van der Waals surface area (Å²) >= 11 is 5.76. The lowest BCUT2D eigenvalue weighted by atomic mass is 10.2. The van der Waals surface area contributed by atoms with Crippen LogP contribution in [0.5, 0.6) is 0 Å². The lowest BCUT2D eigenvalue weighted by Crippen LogP contribution is -2.41. The van der Waals surface area contributed by atoms with Gasteiger partial charge < -0.3 is 10.2 Å². The molecule has 6 nitrogen and oxygen atoms in total. The second-order valence-electron chi connectivity index (χ2n) is 5.06. The maximum absolute atomic E-state index is 13.2. The Bertz CT molecular complexity index is 668. The van der Waals surface area contributed by atoms with Gasteiger partial charge in [0.2, 0.25) is 15.9 Å². The number of carbonyl (C=O) groups excluding carboxylic acids is 1. The van der Waals surface area contributed by atoms with Gasteiger partial charge >= 0.3 is 0 Å². The van der Waals surface area contributed by atoms with E-state index in [2.05, 4.69) is 10.0 Å². The number of benzene rings is 1. The number of rotatable bonds is 5. The summed E-state index contributed by atoms with van der Waals surface area (Å²) < 4.78 is 37.9. The van der Waals surface area contributed by atoms with Crippen molar-refractivity contribution >= 4 is 33.2 Å². The molecule has 2 N–H and O–H groups in total. The average Bonchev–Trinajstić information content (AvgIpc) is 2.89. The first-order valence-electron chi connectivity index (χ1n) is 6.71. The first-order valence-corrected chi connectivity index (χ1v) is 8.74. The first kappa shape index (κ1) is 17.0. The third-order valence-corrected chi connectivity index (χ3v) is 5.01. The maximum atomic E-state index is 13.2. The van der Waals surface area contributed by atoms with E-state index in [-0.39, 0.29) is 11.1 Å². The molecule has 0 bridgehead atoms. The molecule has 1 atom stereocenters. The summed E-state index contributed by atoms with van der Waals surface area (Å²) in [6.45, 7) is 1.19. The monoisotopic (exact) mass is 349 g/mol. The van der Waals surface area contributed by atoms with Gasteiger partial charge in [0.05, 0.1) is 5.02 Å². The van der Waals surface area contributed by atoms with Gasteiger partial charge in [-0.1, -0.05) is 11.6 Å². The van der Waals surface area contributed by atoms with Crippen LogP contribution in [0.25, 0.3) is 0 Å². The molecule has 1 aliphatic rings. The molecule has 2 rings (SSSR count). The molecule has 1 amide bonds. The number of hydrogen-bond acceptors (Lipinski definition) is 4. The molecular formula is C13H17ClFN3O3S. The van der Waals surface area contributed by atoms with E-state index in [0.717, 1.165) is 5.69 Å². The van der Waals surface area contributed by atoms with Crippen LogP contribution in [0.2, 0.25) is 5.02 Å². The largest absolute Gasteiger partial charge is 0.369 e. The number of hydrogen-bond donors (Lipinski definition) is 2. The molecule has 22 heavy (non-hydrogen) atoms. The van der Waals surface area contributed by atoms with Crippen molar-refractivity contribution in [3.8, 4) is 0 Å². The van der Waals surface area contributed by atoms with E-state index in [1.165, 1.54) is 19.2 Å². The van der Waals surface area contributed by atoms with E-state index in [1.54, 1.807) is 6.07 Å². The standard InChI is InChI=1S/C13H17ClFN3O3S/c1-16-22(20,21)8-13(19)17-9-4-5-18(7-9)10-2-3-12(15)11(14)6-10/h2-3,6,9,16H,4-5,7-8H2,1H3,(H,17,19)/t9-/m1/s1. The summed E-state index contributed by atoms with van der Waals surface area (Å²) in [4.78, 5) is 13.7. The molecular weight excluding hydrogens is 333 g/mol.